The van der Waals surface area contributed by atoms with E-state index in [1.54, 1.807) is 25.1 Å². The van der Waals surface area contributed by atoms with E-state index in [9.17, 15) is 14.0 Å². The molecule has 0 spiro atoms. The topological polar surface area (TPSA) is 110 Å². The van der Waals surface area contributed by atoms with Gasteiger partial charge in [-0.15, -0.1) is 0 Å². The number of anilines is 1. The Balaban J connectivity index is 1.91. The largest absolute Gasteiger partial charge is 0.369 e. The second-order valence-corrected chi connectivity index (χ2v) is 6.93. The second kappa shape index (κ2) is 7.67. The van der Waals surface area contributed by atoms with E-state index in [4.69, 9.17) is 5.73 Å². The third-order valence-electron chi connectivity index (χ3n) is 4.00. The third kappa shape index (κ3) is 4.03. The van der Waals surface area contributed by atoms with Crippen molar-refractivity contribution in [3.63, 3.8) is 0 Å². The fourth-order valence-electron chi connectivity index (χ4n) is 2.49. The molecule has 0 fully saturated rings. The zero-order valence-corrected chi connectivity index (χ0v) is 15.6. The van der Waals surface area contributed by atoms with E-state index in [1.165, 1.54) is 23.6 Å². The second-order valence-electron chi connectivity index (χ2n) is 5.90. The molecule has 2 heterocycles. The smallest absolute Gasteiger partial charge is 0.321 e. The highest BCUT2D eigenvalue weighted by molar-refractivity contribution is 7.22. The number of thiazole rings is 1. The first kappa shape index (κ1) is 18.7. The number of carbonyl (C=O) groups is 2. The predicted molar refractivity (Wildman–Crippen MR) is 103 cm³/mol. The van der Waals surface area contributed by atoms with Crippen molar-refractivity contribution in [3.8, 4) is 11.1 Å². The molecule has 0 aliphatic rings. The maximum absolute atomic E-state index is 14.6. The number of aromatic nitrogens is 2. The summed E-state index contributed by atoms with van der Waals surface area (Å²) < 4.78 is 15.2. The van der Waals surface area contributed by atoms with Crippen LogP contribution in [-0.2, 0) is 4.79 Å². The lowest BCUT2D eigenvalue weighted by atomic mass is 10.0. The van der Waals surface area contributed by atoms with E-state index in [0.29, 0.717) is 38.7 Å². The van der Waals surface area contributed by atoms with Crippen LogP contribution in [0.3, 0.4) is 0 Å². The van der Waals surface area contributed by atoms with Crippen molar-refractivity contribution >= 4 is 38.6 Å². The number of urea groups is 1. The van der Waals surface area contributed by atoms with Gasteiger partial charge in [0.15, 0.2) is 5.13 Å². The summed E-state index contributed by atoms with van der Waals surface area (Å²) in [7, 11) is 0. The van der Waals surface area contributed by atoms with Crippen molar-refractivity contribution in [2.45, 2.75) is 19.8 Å². The molecular formula is C18H18FN5O2S. The Bertz CT molecular complexity index is 1000. The average molecular weight is 387 g/mol. The zero-order chi connectivity index (χ0) is 19.6. The number of pyridine rings is 1. The van der Waals surface area contributed by atoms with Crippen LogP contribution in [0.1, 0.15) is 25.5 Å². The van der Waals surface area contributed by atoms with Crippen LogP contribution in [0.4, 0.5) is 14.3 Å². The van der Waals surface area contributed by atoms with Crippen LogP contribution in [0.5, 0.6) is 0 Å². The minimum Gasteiger partial charge on any atom is -0.369 e. The molecule has 4 N–H and O–H groups in total. The summed E-state index contributed by atoms with van der Waals surface area (Å²) in [5.41, 5.74) is 7.26. The molecule has 0 bridgehead atoms. The Morgan fingerprint density at radius 2 is 2.11 bits per heavy atom. The first-order valence-electron chi connectivity index (χ1n) is 8.29. The van der Waals surface area contributed by atoms with E-state index in [1.807, 2.05) is 6.92 Å². The van der Waals surface area contributed by atoms with Gasteiger partial charge in [0.2, 0.25) is 5.91 Å². The summed E-state index contributed by atoms with van der Waals surface area (Å²) in [5, 5.41) is 5.62. The van der Waals surface area contributed by atoms with Crippen LogP contribution in [0, 0.1) is 5.82 Å². The summed E-state index contributed by atoms with van der Waals surface area (Å²) in [6, 6.07) is 5.97. The standard InChI is InChI=1S/C18H18FN5O2S/c1-3-21-17(26)24-18-23-14-6-11(12(19)7-15(14)27-18)10-4-5-13(22-8-10)9(2)16(20)25/h4-9H,3H2,1-2H3,(H2,20,25)(H2,21,23,24,26). The highest BCUT2D eigenvalue weighted by Crippen LogP contribution is 2.32. The van der Waals surface area contributed by atoms with Gasteiger partial charge in [0, 0.05) is 23.9 Å². The molecule has 3 rings (SSSR count). The maximum Gasteiger partial charge on any atom is 0.321 e. The highest BCUT2D eigenvalue weighted by Gasteiger charge is 2.15. The summed E-state index contributed by atoms with van der Waals surface area (Å²) in [6.07, 6.45) is 1.50. The van der Waals surface area contributed by atoms with Gasteiger partial charge in [-0.1, -0.05) is 17.4 Å². The van der Waals surface area contributed by atoms with Gasteiger partial charge in [0.1, 0.15) is 5.82 Å². The van der Waals surface area contributed by atoms with Crippen LogP contribution >= 0.6 is 11.3 Å². The Labute approximate surface area is 158 Å². The SMILES string of the molecule is CCNC(=O)Nc1nc2cc(-c3ccc(C(C)C(N)=O)nc3)c(F)cc2s1. The lowest BCUT2D eigenvalue weighted by molar-refractivity contribution is -0.119. The average Bonchev–Trinajstić information content (AvgIpc) is 3.01. The van der Waals surface area contributed by atoms with Crippen molar-refractivity contribution in [3.05, 3.63) is 42.0 Å². The molecule has 1 unspecified atom stereocenters. The van der Waals surface area contributed by atoms with Crippen molar-refractivity contribution in [1.82, 2.24) is 15.3 Å². The summed E-state index contributed by atoms with van der Waals surface area (Å²) in [6.45, 7) is 3.96. The fraction of sp³-hybridized carbons (Fsp3) is 0.222. The molecule has 9 heteroatoms. The normalized spacial score (nSPS) is 12.0. The number of hydrogen-bond donors (Lipinski definition) is 3. The zero-order valence-electron chi connectivity index (χ0n) is 14.7. The minimum atomic E-state index is -0.521. The van der Waals surface area contributed by atoms with Crippen LogP contribution < -0.4 is 16.4 Å². The molecule has 7 nitrogen and oxygen atoms in total. The van der Waals surface area contributed by atoms with E-state index in [-0.39, 0.29) is 6.03 Å². The number of fused-ring (bicyclic) bond motifs is 1. The molecular weight excluding hydrogens is 369 g/mol. The first-order chi connectivity index (χ1) is 12.9. The minimum absolute atomic E-state index is 0.336. The van der Waals surface area contributed by atoms with E-state index >= 15 is 0 Å². The van der Waals surface area contributed by atoms with Crippen molar-refractivity contribution < 1.29 is 14.0 Å². The monoisotopic (exact) mass is 387 g/mol. The molecule has 1 aromatic carbocycles. The molecule has 0 saturated carbocycles. The van der Waals surface area contributed by atoms with Gasteiger partial charge in [0.25, 0.3) is 0 Å². The van der Waals surface area contributed by atoms with E-state index in [2.05, 4.69) is 20.6 Å². The number of primary amides is 1. The number of nitrogens with one attached hydrogen (secondary N) is 2. The van der Waals surface area contributed by atoms with Crippen LogP contribution in [-0.4, -0.2) is 28.5 Å². The van der Waals surface area contributed by atoms with Gasteiger partial charge >= 0.3 is 6.03 Å². The number of rotatable bonds is 5. The number of hydrogen-bond acceptors (Lipinski definition) is 5. The quantitative estimate of drug-likeness (QED) is 0.624. The lowest BCUT2D eigenvalue weighted by Crippen LogP contribution is -2.28. The lowest BCUT2D eigenvalue weighted by Gasteiger charge is -2.08. The molecule has 3 amide bonds. The van der Waals surface area contributed by atoms with Gasteiger partial charge in [-0.25, -0.2) is 14.2 Å². The molecule has 27 heavy (non-hydrogen) atoms. The number of nitrogens with zero attached hydrogens (tertiary/aromatic N) is 2. The van der Waals surface area contributed by atoms with Crippen LogP contribution in [0.15, 0.2) is 30.5 Å². The third-order valence-corrected chi connectivity index (χ3v) is 4.94. The molecule has 0 aliphatic heterocycles. The molecule has 140 valence electrons. The Morgan fingerprint density at radius 3 is 2.74 bits per heavy atom. The van der Waals surface area contributed by atoms with Gasteiger partial charge < -0.3 is 11.1 Å². The van der Waals surface area contributed by atoms with E-state index in [0.717, 1.165) is 0 Å². The Morgan fingerprint density at radius 1 is 1.33 bits per heavy atom. The van der Waals surface area contributed by atoms with Crippen molar-refractivity contribution in [1.29, 1.82) is 0 Å². The summed E-state index contributed by atoms with van der Waals surface area (Å²) in [5.74, 6) is -1.42. The fourth-order valence-corrected chi connectivity index (χ4v) is 3.36. The molecule has 3 aromatic rings. The molecule has 0 radical (unpaired) electrons. The number of carbonyl (C=O) groups excluding carboxylic acids is 2. The summed E-state index contributed by atoms with van der Waals surface area (Å²) in [4.78, 5) is 31.4. The predicted octanol–water partition coefficient (Wildman–Crippen LogP) is 3.23. The van der Waals surface area contributed by atoms with Gasteiger partial charge in [-0.3, -0.25) is 15.1 Å². The van der Waals surface area contributed by atoms with Crippen LogP contribution in [0.25, 0.3) is 21.3 Å². The van der Waals surface area contributed by atoms with Gasteiger partial charge in [-0.2, -0.15) is 0 Å². The highest BCUT2D eigenvalue weighted by atomic mass is 32.1. The van der Waals surface area contributed by atoms with Crippen LogP contribution in [0.2, 0.25) is 0 Å². The van der Waals surface area contributed by atoms with Crippen molar-refractivity contribution in [2.75, 3.05) is 11.9 Å². The number of benzene rings is 1. The Kier molecular flexibility index (Phi) is 5.31. The number of halogens is 1. The molecule has 1 atom stereocenters. The van der Waals surface area contributed by atoms with Gasteiger partial charge in [0.05, 0.1) is 21.8 Å². The molecule has 0 aliphatic carbocycles. The molecule has 2 aromatic heterocycles. The number of nitrogens with two attached hydrogens (primary N) is 1. The summed E-state index contributed by atoms with van der Waals surface area (Å²) >= 11 is 1.19. The van der Waals surface area contributed by atoms with E-state index < -0.39 is 17.6 Å². The van der Waals surface area contributed by atoms with Crippen molar-refractivity contribution in [2.24, 2.45) is 5.73 Å². The Hall–Kier alpha value is -3.07. The maximum atomic E-state index is 14.6. The molecule has 0 saturated heterocycles. The number of amides is 3. The van der Waals surface area contributed by atoms with Gasteiger partial charge in [-0.05, 0) is 32.0 Å². The first-order valence-corrected chi connectivity index (χ1v) is 9.11.